The van der Waals surface area contributed by atoms with Crippen LogP contribution in [-0.4, -0.2) is 49.1 Å². The second kappa shape index (κ2) is 9.19. The molecule has 0 radical (unpaired) electrons. The number of anilines is 1. The Balaban J connectivity index is 1.46. The third-order valence-electron chi connectivity index (χ3n) is 5.68. The predicted molar refractivity (Wildman–Crippen MR) is 124 cm³/mol. The highest BCUT2D eigenvalue weighted by Crippen LogP contribution is 2.32. The Labute approximate surface area is 195 Å². The summed E-state index contributed by atoms with van der Waals surface area (Å²) in [4.78, 5) is 52.3. The van der Waals surface area contributed by atoms with E-state index in [2.05, 4.69) is 0 Å². The molecule has 0 saturated carbocycles. The van der Waals surface area contributed by atoms with Gasteiger partial charge in [-0.15, -0.1) is 0 Å². The van der Waals surface area contributed by atoms with Gasteiger partial charge < -0.3 is 20.1 Å². The Bertz CT molecular complexity index is 1310. The molecule has 0 spiro atoms. The van der Waals surface area contributed by atoms with Crippen LogP contribution in [0.3, 0.4) is 0 Å². The zero-order valence-corrected chi connectivity index (χ0v) is 18.7. The fourth-order valence-corrected chi connectivity index (χ4v) is 3.80. The second-order valence-corrected chi connectivity index (χ2v) is 7.83. The third kappa shape index (κ3) is 4.13. The lowest BCUT2D eigenvalue weighted by molar-refractivity contribution is -0.133. The number of rotatable bonds is 6. The Kier molecular flexibility index (Phi) is 6.14. The number of methoxy groups -OCH3 is 1. The van der Waals surface area contributed by atoms with E-state index < -0.39 is 24.3 Å². The highest BCUT2D eigenvalue weighted by Gasteiger charge is 2.33. The van der Waals surface area contributed by atoms with Crippen LogP contribution in [0.4, 0.5) is 5.69 Å². The minimum atomic E-state index is -0.856. The van der Waals surface area contributed by atoms with E-state index in [1.807, 2.05) is 12.1 Å². The van der Waals surface area contributed by atoms with Crippen LogP contribution in [0.15, 0.2) is 60.7 Å². The van der Waals surface area contributed by atoms with Gasteiger partial charge in [-0.25, -0.2) is 4.79 Å². The number of carbonyl (C=O) groups excluding carboxylic acids is 4. The summed E-state index contributed by atoms with van der Waals surface area (Å²) in [6, 6.07) is 16.4. The van der Waals surface area contributed by atoms with Gasteiger partial charge in [-0.2, -0.15) is 0 Å². The number of ketones is 2. The fraction of sp³-hybridized carbons (Fsp3) is 0.154. The Morgan fingerprint density at radius 2 is 1.53 bits per heavy atom. The van der Waals surface area contributed by atoms with Crippen LogP contribution in [0.5, 0.6) is 5.75 Å². The van der Waals surface area contributed by atoms with E-state index in [1.54, 1.807) is 50.6 Å². The topological polar surface area (TPSA) is 116 Å². The van der Waals surface area contributed by atoms with Crippen molar-refractivity contribution in [2.24, 2.45) is 0 Å². The first-order valence-electron chi connectivity index (χ1n) is 10.5. The Hall–Kier alpha value is -4.46. The van der Waals surface area contributed by atoms with Gasteiger partial charge in [-0.3, -0.25) is 14.4 Å². The number of benzene rings is 3. The maximum Gasteiger partial charge on any atom is 0.340 e. The maximum atomic E-state index is 13.0. The highest BCUT2D eigenvalue weighted by atomic mass is 16.5. The van der Waals surface area contributed by atoms with Gasteiger partial charge in [0, 0.05) is 30.3 Å². The van der Waals surface area contributed by atoms with Crippen molar-refractivity contribution in [2.45, 2.75) is 6.54 Å². The van der Waals surface area contributed by atoms with Crippen molar-refractivity contribution in [3.8, 4) is 5.75 Å². The molecule has 0 fully saturated rings. The van der Waals surface area contributed by atoms with Crippen LogP contribution in [0.2, 0.25) is 0 Å². The lowest BCUT2D eigenvalue weighted by Gasteiger charge is -2.20. The smallest absolute Gasteiger partial charge is 0.340 e. The van der Waals surface area contributed by atoms with E-state index >= 15 is 0 Å². The van der Waals surface area contributed by atoms with E-state index in [0.717, 1.165) is 5.56 Å². The summed E-state index contributed by atoms with van der Waals surface area (Å²) in [5.41, 5.74) is 7.41. The van der Waals surface area contributed by atoms with Crippen molar-refractivity contribution in [3.63, 3.8) is 0 Å². The van der Waals surface area contributed by atoms with Gasteiger partial charge in [0.25, 0.3) is 5.91 Å². The number of nitrogens with two attached hydrogens (primary N) is 1. The standard InChI is InChI=1S/C26H22N2O6/c1-28(13-15-7-9-16(33-2)10-8-15)21(29)14-34-26(32)20-12-11-19-22(23(20)27)25(31)18-6-4-3-5-17(18)24(19)30/h3-12H,13-14,27H2,1-2H3. The summed E-state index contributed by atoms with van der Waals surface area (Å²) in [7, 11) is 3.16. The van der Waals surface area contributed by atoms with Gasteiger partial charge in [-0.05, 0) is 29.8 Å². The molecular formula is C26H22N2O6. The molecule has 4 rings (SSSR count). The van der Waals surface area contributed by atoms with E-state index in [4.69, 9.17) is 15.2 Å². The molecule has 1 aliphatic rings. The summed E-state index contributed by atoms with van der Waals surface area (Å²) in [5.74, 6) is -1.34. The van der Waals surface area contributed by atoms with E-state index in [0.29, 0.717) is 17.9 Å². The first-order chi connectivity index (χ1) is 16.3. The molecule has 0 bridgehead atoms. The number of amides is 1. The average Bonchev–Trinajstić information content (AvgIpc) is 2.85. The lowest BCUT2D eigenvalue weighted by atomic mass is 9.82. The zero-order chi connectivity index (χ0) is 24.4. The van der Waals surface area contributed by atoms with Crippen LogP contribution < -0.4 is 10.5 Å². The number of hydrogen-bond acceptors (Lipinski definition) is 7. The number of carbonyl (C=O) groups is 4. The number of fused-ring (bicyclic) bond motifs is 2. The first-order valence-corrected chi connectivity index (χ1v) is 10.5. The maximum absolute atomic E-state index is 13.0. The summed E-state index contributed by atoms with van der Waals surface area (Å²) >= 11 is 0. The molecule has 0 aliphatic heterocycles. The molecule has 172 valence electrons. The van der Waals surface area contributed by atoms with Crippen LogP contribution in [0.1, 0.15) is 47.8 Å². The van der Waals surface area contributed by atoms with E-state index in [1.165, 1.54) is 17.0 Å². The van der Waals surface area contributed by atoms with Gasteiger partial charge in [0.15, 0.2) is 18.2 Å². The van der Waals surface area contributed by atoms with Crippen molar-refractivity contribution in [1.29, 1.82) is 0 Å². The van der Waals surface area contributed by atoms with Gasteiger partial charge in [-0.1, -0.05) is 36.4 Å². The molecule has 0 heterocycles. The van der Waals surface area contributed by atoms with Gasteiger partial charge >= 0.3 is 5.97 Å². The van der Waals surface area contributed by atoms with Crippen molar-refractivity contribution in [1.82, 2.24) is 4.90 Å². The van der Waals surface area contributed by atoms with Crippen LogP contribution in [-0.2, 0) is 16.1 Å². The molecule has 34 heavy (non-hydrogen) atoms. The van der Waals surface area contributed by atoms with Crippen molar-refractivity contribution in [2.75, 3.05) is 26.5 Å². The normalized spacial score (nSPS) is 11.9. The second-order valence-electron chi connectivity index (χ2n) is 7.83. The molecule has 3 aromatic rings. The fourth-order valence-electron chi connectivity index (χ4n) is 3.80. The van der Waals surface area contributed by atoms with Crippen LogP contribution in [0.25, 0.3) is 0 Å². The molecule has 0 aromatic heterocycles. The minimum Gasteiger partial charge on any atom is -0.497 e. The first kappa shape index (κ1) is 22.7. The number of nitrogen functional groups attached to an aromatic ring is 1. The van der Waals surface area contributed by atoms with Gasteiger partial charge in [0.05, 0.1) is 23.9 Å². The Morgan fingerprint density at radius 1 is 0.882 bits per heavy atom. The molecule has 8 heteroatoms. The minimum absolute atomic E-state index is 0.0268. The summed E-state index contributed by atoms with van der Waals surface area (Å²) in [5, 5.41) is 0. The van der Waals surface area contributed by atoms with Crippen LogP contribution in [0, 0.1) is 0 Å². The predicted octanol–water partition coefficient (Wildman–Crippen LogP) is 2.87. The van der Waals surface area contributed by atoms with Crippen molar-refractivity contribution >= 4 is 29.1 Å². The van der Waals surface area contributed by atoms with Gasteiger partial charge in [0.1, 0.15) is 5.75 Å². The summed E-state index contributed by atoms with van der Waals surface area (Å²) in [6.07, 6.45) is 0. The number of hydrogen-bond donors (Lipinski definition) is 1. The molecule has 1 aliphatic carbocycles. The quantitative estimate of drug-likeness (QED) is 0.349. The molecule has 1 amide bonds. The van der Waals surface area contributed by atoms with E-state index in [9.17, 15) is 19.2 Å². The van der Waals surface area contributed by atoms with Crippen LogP contribution >= 0.6 is 0 Å². The molecular weight excluding hydrogens is 436 g/mol. The summed E-state index contributed by atoms with van der Waals surface area (Å²) < 4.78 is 10.3. The lowest BCUT2D eigenvalue weighted by Crippen LogP contribution is -2.31. The van der Waals surface area contributed by atoms with Crippen molar-refractivity contribution < 1.29 is 28.7 Å². The largest absolute Gasteiger partial charge is 0.497 e. The molecule has 2 N–H and O–H groups in total. The number of esters is 1. The number of nitrogens with zero attached hydrogens (tertiary/aromatic N) is 1. The Morgan fingerprint density at radius 3 is 2.18 bits per heavy atom. The molecule has 8 nitrogen and oxygen atoms in total. The number of ether oxygens (including phenoxy) is 2. The zero-order valence-electron chi connectivity index (χ0n) is 18.7. The molecule has 3 aromatic carbocycles. The number of likely N-dealkylation sites (N-methyl/N-ethyl adjacent to an activating group) is 1. The molecule has 0 unspecified atom stereocenters. The monoisotopic (exact) mass is 458 g/mol. The molecule has 0 atom stereocenters. The molecule has 0 saturated heterocycles. The van der Waals surface area contributed by atoms with E-state index in [-0.39, 0.29) is 33.7 Å². The summed E-state index contributed by atoms with van der Waals surface area (Å²) in [6.45, 7) is -0.185. The third-order valence-corrected chi connectivity index (χ3v) is 5.68. The highest BCUT2D eigenvalue weighted by molar-refractivity contribution is 6.30. The van der Waals surface area contributed by atoms with Gasteiger partial charge in [0.2, 0.25) is 0 Å². The SMILES string of the molecule is COc1ccc(CN(C)C(=O)COC(=O)c2ccc3c(c2N)C(=O)c2ccccc2C3=O)cc1. The van der Waals surface area contributed by atoms with Crippen molar-refractivity contribution in [3.05, 3.63) is 94.0 Å². The average molecular weight is 458 g/mol.